The van der Waals surface area contributed by atoms with Gasteiger partial charge in [0.2, 0.25) is 0 Å². The van der Waals surface area contributed by atoms with E-state index in [0.717, 1.165) is 5.56 Å². The smallest absolute Gasteiger partial charge is 0.401 e. The molecule has 0 fully saturated rings. The lowest BCUT2D eigenvalue weighted by molar-refractivity contribution is -0.221. The van der Waals surface area contributed by atoms with Crippen LogP contribution in [-0.4, -0.2) is 10.5 Å². The van der Waals surface area contributed by atoms with Crippen LogP contribution in [-0.2, 0) is 13.9 Å². The Balaban J connectivity index is 3.01. The average Bonchev–Trinajstić information content (AvgIpc) is 2.29. The molecule has 0 heterocycles. The second kappa shape index (κ2) is 5.43. The Morgan fingerprint density at radius 2 is 1.75 bits per heavy atom. The molecule has 1 aromatic carbocycles. The van der Waals surface area contributed by atoms with Crippen LogP contribution in [0.15, 0.2) is 24.3 Å². The van der Waals surface area contributed by atoms with Gasteiger partial charge in [0.15, 0.2) is 0 Å². The van der Waals surface area contributed by atoms with E-state index in [9.17, 15) is 4.57 Å². The maximum atomic E-state index is 11.3. The summed E-state index contributed by atoms with van der Waals surface area (Å²) in [5, 5.41) is 16.6. The minimum absolute atomic E-state index is 0.113. The molecule has 6 nitrogen and oxygen atoms in total. The Kier molecular flexibility index (Phi) is 4.46. The van der Waals surface area contributed by atoms with Gasteiger partial charge in [0, 0.05) is 0 Å². The molecule has 0 radical (unpaired) electrons. The summed E-state index contributed by atoms with van der Waals surface area (Å²) in [7, 11) is -4.36. The van der Waals surface area contributed by atoms with Crippen LogP contribution in [0.5, 0.6) is 5.75 Å². The molecule has 1 rings (SSSR count). The van der Waals surface area contributed by atoms with E-state index in [0.29, 0.717) is 0 Å². The fourth-order valence-corrected chi connectivity index (χ4v) is 1.71. The van der Waals surface area contributed by atoms with Crippen LogP contribution in [0, 0.1) is 0 Å². The summed E-state index contributed by atoms with van der Waals surface area (Å²) in [6, 6.07) is 6.73. The summed E-state index contributed by atoms with van der Waals surface area (Å²) in [6.45, 7) is 3.82. The van der Waals surface area contributed by atoms with Crippen LogP contribution in [0.1, 0.15) is 25.3 Å². The summed E-state index contributed by atoms with van der Waals surface area (Å²) >= 11 is 0. The lowest BCUT2D eigenvalue weighted by atomic mass is 10.0. The van der Waals surface area contributed by atoms with Crippen molar-refractivity contribution < 1.29 is 29.0 Å². The highest BCUT2D eigenvalue weighted by Crippen LogP contribution is 2.48. The van der Waals surface area contributed by atoms with Gasteiger partial charge in [-0.2, -0.15) is 0 Å². The third kappa shape index (κ3) is 3.04. The van der Waals surface area contributed by atoms with Gasteiger partial charge in [0.05, 0.1) is 0 Å². The number of hydrogen-bond donors (Lipinski definition) is 2. The fraction of sp³-hybridized carbons (Fsp3) is 0.333. The Bertz CT molecular complexity index is 383. The molecule has 16 heavy (non-hydrogen) atoms. The van der Waals surface area contributed by atoms with Crippen molar-refractivity contribution in [1.29, 1.82) is 0 Å². The molecule has 0 unspecified atom stereocenters. The van der Waals surface area contributed by atoms with E-state index in [1.54, 1.807) is 18.2 Å². The summed E-state index contributed by atoms with van der Waals surface area (Å²) in [5.41, 5.74) is 0.747. The van der Waals surface area contributed by atoms with Crippen molar-refractivity contribution in [2.75, 3.05) is 0 Å². The van der Waals surface area contributed by atoms with Crippen LogP contribution in [0.3, 0.4) is 0 Å². The summed E-state index contributed by atoms with van der Waals surface area (Å²) < 4.78 is 23.1. The van der Waals surface area contributed by atoms with Crippen molar-refractivity contribution in [1.82, 2.24) is 0 Å². The molecule has 7 heteroatoms. The van der Waals surface area contributed by atoms with Gasteiger partial charge in [-0.25, -0.2) is 15.1 Å². The van der Waals surface area contributed by atoms with Crippen molar-refractivity contribution in [3.8, 4) is 5.75 Å². The summed E-state index contributed by atoms with van der Waals surface area (Å²) in [5.74, 6) is 0.325. The average molecular weight is 248 g/mol. The van der Waals surface area contributed by atoms with Crippen molar-refractivity contribution in [3.05, 3.63) is 29.8 Å². The Labute approximate surface area is 92.9 Å². The van der Waals surface area contributed by atoms with Crippen LogP contribution in [0.2, 0.25) is 0 Å². The number of phosphoric acid groups is 1. The first-order chi connectivity index (χ1) is 7.52. The zero-order chi connectivity index (χ0) is 12.2. The van der Waals surface area contributed by atoms with Gasteiger partial charge in [-0.3, -0.25) is 0 Å². The molecular weight excluding hydrogens is 235 g/mol. The first-order valence-corrected chi connectivity index (χ1v) is 6.03. The molecule has 0 aliphatic rings. The number of para-hydroxylation sites is 1. The van der Waals surface area contributed by atoms with Gasteiger partial charge < -0.3 is 4.52 Å². The molecule has 0 amide bonds. The molecule has 0 aromatic heterocycles. The van der Waals surface area contributed by atoms with E-state index >= 15 is 0 Å². The summed E-state index contributed by atoms with van der Waals surface area (Å²) in [6.07, 6.45) is 0. The van der Waals surface area contributed by atoms with E-state index in [4.69, 9.17) is 15.0 Å². The SMILES string of the molecule is CC(C)c1ccccc1OP(=O)(OO)OO. The second-order valence-corrected chi connectivity index (χ2v) is 4.80. The zero-order valence-electron chi connectivity index (χ0n) is 8.86. The Hall–Kier alpha value is -0.910. The lowest BCUT2D eigenvalue weighted by Crippen LogP contribution is -2.01. The molecule has 90 valence electrons. The third-order valence-electron chi connectivity index (χ3n) is 1.95. The van der Waals surface area contributed by atoms with Gasteiger partial charge in [0.25, 0.3) is 0 Å². The number of benzene rings is 1. The first-order valence-electron chi connectivity index (χ1n) is 4.57. The van der Waals surface area contributed by atoms with Gasteiger partial charge in [-0.15, -0.1) is 9.35 Å². The monoisotopic (exact) mass is 248 g/mol. The fourth-order valence-electron chi connectivity index (χ4n) is 1.21. The van der Waals surface area contributed by atoms with Gasteiger partial charge >= 0.3 is 7.82 Å². The molecule has 0 aliphatic carbocycles. The topological polar surface area (TPSA) is 85.2 Å². The number of hydrogen-bond acceptors (Lipinski definition) is 6. The first kappa shape index (κ1) is 13.2. The molecule has 2 N–H and O–H groups in total. The minimum Gasteiger partial charge on any atom is -0.401 e. The van der Waals surface area contributed by atoms with E-state index < -0.39 is 7.82 Å². The molecule has 0 aliphatic heterocycles. The van der Waals surface area contributed by atoms with Crippen LogP contribution in [0.4, 0.5) is 0 Å². The van der Waals surface area contributed by atoms with Gasteiger partial charge in [-0.1, -0.05) is 32.0 Å². The van der Waals surface area contributed by atoms with Crippen molar-refractivity contribution >= 4 is 7.82 Å². The van der Waals surface area contributed by atoms with E-state index in [1.807, 2.05) is 13.8 Å². The highest BCUT2D eigenvalue weighted by molar-refractivity contribution is 7.48. The molecule has 0 bridgehead atoms. The Morgan fingerprint density at radius 1 is 1.19 bits per heavy atom. The van der Waals surface area contributed by atoms with Crippen LogP contribution < -0.4 is 4.52 Å². The molecule has 1 aromatic rings. The second-order valence-electron chi connectivity index (χ2n) is 3.39. The van der Waals surface area contributed by atoms with Crippen LogP contribution >= 0.6 is 7.82 Å². The standard InChI is InChI=1S/C9H13O6P/c1-7(2)8-5-3-4-6-9(8)13-16(12,14-10)15-11/h3-7,10-11H,1-2H3. The van der Waals surface area contributed by atoms with Gasteiger partial charge in [0.1, 0.15) is 5.75 Å². The van der Waals surface area contributed by atoms with E-state index in [-0.39, 0.29) is 11.7 Å². The van der Waals surface area contributed by atoms with E-state index in [1.165, 1.54) is 6.07 Å². The molecule has 0 saturated heterocycles. The zero-order valence-corrected chi connectivity index (χ0v) is 9.76. The molecular formula is C9H13O6P. The van der Waals surface area contributed by atoms with Crippen molar-refractivity contribution in [3.63, 3.8) is 0 Å². The molecule has 0 spiro atoms. The highest BCUT2D eigenvalue weighted by atomic mass is 31.2. The maximum Gasteiger partial charge on any atom is 0.585 e. The third-order valence-corrected chi connectivity index (χ3v) is 2.77. The number of rotatable bonds is 5. The normalized spacial score (nSPS) is 11.8. The quantitative estimate of drug-likeness (QED) is 0.472. The summed E-state index contributed by atoms with van der Waals surface area (Å²) in [4.78, 5) is 0. The van der Waals surface area contributed by atoms with Crippen molar-refractivity contribution in [2.45, 2.75) is 19.8 Å². The van der Waals surface area contributed by atoms with Crippen molar-refractivity contribution in [2.24, 2.45) is 0 Å². The van der Waals surface area contributed by atoms with E-state index in [2.05, 4.69) is 9.35 Å². The van der Waals surface area contributed by atoms with Gasteiger partial charge in [-0.05, 0) is 17.5 Å². The maximum absolute atomic E-state index is 11.3. The molecule has 0 saturated carbocycles. The predicted molar refractivity (Wildman–Crippen MR) is 56.2 cm³/mol. The molecule has 0 atom stereocenters. The highest BCUT2D eigenvalue weighted by Gasteiger charge is 2.30. The lowest BCUT2D eigenvalue weighted by Gasteiger charge is -2.15. The van der Waals surface area contributed by atoms with Crippen LogP contribution in [0.25, 0.3) is 0 Å². The Morgan fingerprint density at radius 3 is 2.25 bits per heavy atom. The predicted octanol–water partition coefficient (Wildman–Crippen LogP) is 3.28. The largest absolute Gasteiger partial charge is 0.585 e. The minimum atomic E-state index is -4.36.